The Hall–Kier alpha value is -1.27. The first kappa shape index (κ1) is 16.1. The molecule has 1 fully saturated rings. The van der Waals surface area contributed by atoms with Crippen molar-refractivity contribution in [1.82, 2.24) is 5.32 Å². The van der Waals surface area contributed by atoms with Crippen LogP contribution in [0.5, 0.6) is 0 Å². The molecule has 2 N–H and O–H groups in total. The van der Waals surface area contributed by atoms with Crippen molar-refractivity contribution in [1.29, 1.82) is 0 Å². The molecule has 0 bridgehead atoms. The van der Waals surface area contributed by atoms with Crippen molar-refractivity contribution in [2.24, 2.45) is 5.92 Å². The second-order valence-corrected chi connectivity index (χ2v) is 5.40. The van der Waals surface area contributed by atoms with Crippen molar-refractivity contribution in [2.75, 3.05) is 31.1 Å². The van der Waals surface area contributed by atoms with E-state index in [1.165, 1.54) is 6.07 Å². The first-order valence-corrected chi connectivity index (χ1v) is 7.22. The zero-order chi connectivity index (χ0) is 15.5. The van der Waals surface area contributed by atoms with E-state index in [9.17, 15) is 13.2 Å². The van der Waals surface area contributed by atoms with Crippen LogP contribution in [0.15, 0.2) is 18.2 Å². The fraction of sp³-hybridized carbons (Fsp3) is 0.600. The molecule has 0 aliphatic carbocycles. The monoisotopic (exact) mass is 302 g/mol. The number of hydrogen-bond acceptors (Lipinski definition) is 3. The molecule has 0 radical (unpaired) electrons. The molecule has 1 unspecified atom stereocenters. The molecular formula is C15H21F3N2O. The lowest BCUT2D eigenvalue weighted by Gasteiger charge is -2.22. The van der Waals surface area contributed by atoms with E-state index in [2.05, 4.69) is 5.32 Å². The van der Waals surface area contributed by atoms with E-state index in [4.69, 9.17) is 5.11 Å². The molecule has 21 heavy (non-hydrogen) atoms. The van der Waals surface area contributed by atoms with E-state index in [-0.39, 0.29) is 24.6 Å². The molecule has 0 amide bonds. The Morgan fingerprint density at radius 3 is 2.71 bits per heavy atom. The van der Waals surface area contributed by atoms with Gasteiger partial charge in [0.25, 0.3) is 0 Å². The number of rotatable bonds is 5. The Bertz CT molecular complexity index is 476. The number of alkyl halides is 3. The van der Waals surface area contributed by atoms with Gasteiger partial charge in [0.05, 0.1) is 5.56 Å². The zero-order valence-electron chi connectivity index (χ0n) is 12.1. The normalized spacial score (nSPS) is 19.3. The number of hydrogen-bond donors (Lipinski definition) is 2. The summed E-state index contributed by atoms with van der Waals surface area (Å²) in [7, 11) is 0. The summed E-state index contributed by atoms with van der Waals surface area (Å²) in [6.07, 6.45) is -3.53. The fourth-order valence-electron chi connectivity index (χ4n) is 2.66. The van der Waals surface area contributed by atoms with Gasteiger partial charge < -0.3 is 15.3 Å². The minimum absolute atomic E-state index is 0.0845. The summed E-state index contributed by atoms with van der Waals surface area (Å²) < 4.78 is 39.6. The van der Waals surface area contributed by atoms with Crippen LogP contribution < -0.4 is 10.2 Å². The van der Waals surface area contributed by atoms with Crippen LogP contribution in [0, 0.1) is 5.92 Å². The Morgan fingerprint density at radius 1 is 1.38 bits per heavy atom. The van der Waals surface area contributed by atoms with Gasteiger partial charge in [-0.15, -0.1) is 0 Å². The lowest BCUT2D eigenvalue weighted by Crippen LogP contribution is -2.22. The first-order chi connectivity index (χ1) is 9.95. The standard InChI is InChI=1S/C15H21F3N2O/c1-2-19-8-12-3-4-13(7-14(12)15(16,17)18)20-6-5-11(9-20)10-21/h3-4,7,11,19,21H,2,5-6,8-10H2,1H3. The van der Waals surface area contributed by atoms with Crippen LogP contribution in [0.4, 0.5) is 18.9 Å². The van der Waals surface area contributed by atoms with Gasteiger partial charge in [-0.1, -0.05) is 13.0 Å². The van der Waals surface area contributed by atoms with Crippen LogP contribution in [0.2, 0.25) is 0 Å². The Balaban J connectivity index is 2.25. The fourth-order valence-corrected chi connectivity index (χ4v) is 2.66. The van der Waals surface area contributed by atoms with Gasteiger partial charge in [0, 0.05) is 37.8 Å². The summed E-state index contributed by atoms with van der Waals surface area (Å²) in [4.78, 5) is 1.91. The third kappa shape index (κ3) is 3.89. The third-order valence-electron chi connectivity index (χ3n) is 3.87. The molecule has 1 aliphatic rings. The molecular weight excluding hydrogens is 281 g/mol. The van der Waals surface area contributed by atoms with Gasteiger partial charge in [0.1, 0.15) is 0 Å². The van der Waals surface area contributed by atoms with E-state index in [1.807, 2.05) is 11.8 Å². The molecule has 1 saturated heterocycles. The second kappa shape index (κ2) is 6.66. The second-order valence-electron chi connectivity index (χ2n) is 5.40. The third-order valence-corrected chi connectivity index (χ3v) is 3.87. The van der Waals surface area contributed by atoms with Crippen molar-refractivity contribution in [2.45, 2.75) is 26.1 Å². The maximum absolute atomic E-state index is 13.2. The van der Waals surface area contributed by atoms with Crippen LogP contribution in [0.3, 0.4) is 0 Å². The number of aliphatic hydroxyl groups excluding tert-OH is 1. The highest BCUT2D eigenvalue weighted by Crippen LogP contribution is 2.35. The number of halogens is 3. The molecule has 1 aromatic carbocycles. The van der Waals surface area contributed by atoms with Gasteiger partial charge in [-0.3, -0.25) is 0 Å². The van der Waals surface area contributed by atoms with E-state index in [0.29, 0.717) is 25.3 Å². The molecule has 1 atom stereocenters. The van der Waals surface area contributed by atoms with E-state index >= 15 is 0 Å². The highest BCUT2D eigenvalue weighted by atomic mass is 19.4. The molecule has 3 nitrogen and oxygen atoms in total. The summed E-state index contributed by atoms with van der Waals surface area (Å²) in [5.74, 6) is 0.153. The summed E-state index contributed by atoms with van der Waals surface area (Å²) in [6, 6.07) is 4.52. The van der Waals surface area contributed by atoms with Crippen molar-refractivity contribution < 1.29 is 18.3 Å². The quantitative estimate of drug-likeness (QED) is 0.878. The summed E-state index contributed by atoms with van der Waals surface area (Å²) in [5.41, 5.74) is 0.276. The summed E-state index contributed by atoms with van der Waals surface area (Å²) in [5, 5.41) is 12.1. The molecule has 2 rings (SSSR count). The first-order valence-electron chi connectivity index (χ1n) is 7.22. The highest BCUT2D eigenvalue weighted by molar-refractivity contribution is 5.52. The molecule has 0 aromatic heterocycles. The average molecular weight is 302 g/mol. The van der Waals surface area contributed by atoms with Gasteiger partial charge >= 0.3 is 6.18 Å². The Labute approximate surface area is 122 Å². The van der Waals surface area contributed by atoms with Gasteiger partial charge in [-0.25, -0.2) is 0 Å². The minimum atomic E-state index is -4.35. The molecule has 0 saturated carbocycles. The van der Waals surface area contributed by atoms with Gasteiger partial charge in [-0.05, 0) is 30.7 Å². The predicted molar refractivity (Wildman–Crippen MR) is 76.2 cm³/mol. The number of aliphatic hydroxyl groups is 1. The van der Waals surface area contributed by atoms with Crippen molar-refractivity contribution in [3.8, 4) is 0 Å². The number of nitrogens with one attached hydrogen (secondary N) is 1. The van der Waals surface area contributed by atoms with E-state index in [0.717, 1.165) is 6.42 Å². The smallest absolute Gasteiger partial charge is 0.396 e. The topological polar surface area (TPSA) is 35.5 Å². The van der Waals surface area contributed by atoms with Crippen molar-refractivity contribution in [3.05, 3.63) is 29.3 Å². The van der Waals surface area contributed by atoms with Crippen LogP contribution in [0.25, 0.3) is 0 Å². The molecule has 1 aromatic rings. The number of benzene rings is 1. The van der Waals surface area contributed by atoms with Gasteiger partial charge in [0.15, 0.2) is 0 Å². The molecule has 6 heteroatoms. The summed E-state index contributed by atoms with van der Waals surface area (Å²) in [6.45, 7) is 4.09. The van der Waals surface area contributed by atoms with Gasteiger partial charge in [-0.2, -0.15) is 13.2 Å². The SMILES string of the molecule is CCNCc1ccc(N2CCC(CO)C2)cc1C(F)(F)F. The maximum Gasteiger partial charge on any atom is 0.416 e. The lowest BCUT2D eigenvalue weighted by atomic mass is 10.1. The predicted octanol–water partition coefficient (Wildman–Crippen LogP) is 2.63. The highest BCUT2D eigenvalue weighted by Gasteiger charge is 2.34. The molecule has 1 aliphatic heterocycles. The van der Waals surface area contributed by atoms with Crippen LogP contribution in [-0.2, 0) is 12.7 Å². The lowest BCUT2D eigenvalue weighted by molar-refractivity contribution is -0.138. The molecule has 0 spiro atoms. The zero-order valence-corrected chi connectivity index (χ0v) is 12.1. The van der Waals surface area contributed by atoms with Crippen LogP contribution >= 0.6 is 0 Å². The van der Waals surface area contributed by atoms with E-state index in [1.54, 1.807) is 12.1 Å². The summed E-state index contributed by atoms with van der Waals surface area (Å²) >= 11 is 0. The van der Waals surface area contributed by atoms with E-state index < -0.39 is 11.7 Å². The van der Waals surface area contributed by atoms with Crippen LogP contribution in [0.1, 0.15) is 24.5 Å². The Kier molecular flexibility index (Phi) is 5.11. The average Bonchev–Trinajstić information content (AvgIpc) is 2.93. The Morgan fingerprint density at radius 2 is 2.14 bits per heavy atom. The molecule has 1 heterocycles. The maximum atomic E-state index is 13.2. The minimum Gasteiger partial charge on any atom is -0.396 e. The van der Waals surface area contributed by atoms with Crippen molar-refractivity contribution >= 4 is 5.69 Å². The van der Waals surface area contributed by atoms with Gasteiger partial charge in [0.2, 0.25) is 0 Å². The number of anilines is 1. The van der Waals surface area contributed by atoms with Crippen LogP contribution in [-0.4, -0.2) is 31.3 Å². The largest absolute Gasteiger partial charge is 0.416 e. The van der Waals surface area contributed by atoms with Crippen molar-refractivity contribution in [3.63, 3.8) is 0 Å². The molecule has 118 valence electrons. The number of nitrogens with zero attached hydrogens (tertiary/aromatic N) is 1.